The first-order valence-corrected chi connectivity index (χ1v) is 17.4. The molecule has 15 nitrogen and oxygen atoms in total. The summed E-state index contributed by atoms with van der Waals surface area (Å²) >= 11 is 0. The molecule has 3 atom stereocenters. The summed E-state index contributed by atoms with van der Waals surface area (Å²) in [5, 5.41) is 14.0. The van der Waals surface area contributed by atoms with Crippen molar-refractivity contribution in [3.8, 4) is 0 Å². The van der Waals surface area contributed by atoms with Gasteiger partial charge in [0.25, 0.3) is 0 Å². The molecule has 2 bridgehead atoms. The number of nitrogens with two attached hydrogens (primary N) is 1. The molecule has 0 unspecified atom stereocenters. The van der Waals surface area contributed by atoms with Crippen LogP contribution < -0.4 is 32.3 Å². The third-order valence-electron chi connectivity index (χ3n) is 9.15. The molecule has 0 spiro atoms. The van der Waals surface area contributed by atoms with Crippen LogP contribution in [0.15, 0.2) is 59.2 Å². The number of nitrogens with zero attached hydrogens (tertiary/aromatic N) is 1. The van der Waals surface area contributed by atoms with Crippen molar-refractivity contribution < 1.29 is 37.9 Å². The number of hydrogen-bond acceptors (Lipinski definition) is 9. The minimum absolute atomic E-state index is 0.0318. The molecule has 4 rings (SSSR count). The molecule has 15 heteroatoms. The molecule has 1 aromatic carbocycles. The zero-order chi connectivity index (χ0) is 36.6. The summed E-state index contributed by atoms with van der Waals surface area (Å²) in [4.78, 5) is 81.4. The Labute approximate surface area is 297 Å². The minimum Gasteiger partial charge on any atom is -0.469 e. The molecular formula is C36H49N7O8. The second-order valence-corrected chi connectivity index (χ2v) is 12.7. The van der Waals surface area contributed by atoms with Crippen LogP contribution >= 0.6 is 0 Å². The van der Waals surface area contributed by atoms with E-state index >= 15 is 0 Å². The average molecular weight is 708 g/mol. The van der Waals surface area contributed by atoms with E-state index in [-0.39, 0.29) is 58.0 Å². The molecule has 6 amide bonds. The van der Waals surface area contributed by atoms with Crippen LogP contribution in [-0.4, -0.2) is 98.4 Å². The number of nitrogens with one attached hydrogen (secondary N) is 5. The van der Waals surface area contributed by atoms with Crippen LogP contribution in [0.5, 0.6) is 0 Å². The van der Waals surface area contributed by atoms with Gasteiger partial charge in [-0.25, -0.2) is 0 Å². The van der Waals surface area contributed by atoms with Crippen molar-refractivity contribution in [3.63, 3.8) is 0 Å². The Morgan fingerprint density at radius 1 is 1.04 bits per heavy atom. The predicted molar refractivity (Wildman–Crippen MR) is 186 cm³/mol. The standard InChI is InChI=1S/C36H49N7O8/c1-2-36-13-6-17-43(24-36)32(46)11-10-30(44)38-15-12-28(33(47)39-16-20-50-19-14-37)41-31(45)21-25-7-3-4-8-26(25)23-40-34(48)29(42-35(36)49)22-27-9-5-18-51-27/h3-5,7-11,18,28-29H,2,6,12-17,19-24,37H2,1H3,(H,38,44)(H,39,47)(H,40,48)(H,41,45)(H,42,49)/b11-10+/t28-,29-,36-/m0/s1. The van der Waals surface area contributed by atoms with Crippen LogP contribution in [0.25, 0.3) is 0 Å². The summed E-state index contributed by atoms with van der Waals surface area (Å²) in [6.07, 6.45) is 5.34. The highest BCUT2D eigenvalue weighted by atomic mass is 16.5. The SMILES string of the molecule is CC[C@]12CCCN(C1)C(=O)/C=C/C(=O)NCC[C@@H](C(=O)NCCOCCN)NC(=O)Cc1ccccc1CNC(=O)[C@H](Cc1ccco1)NC2=O. The van der Waals surface area contributed by atoms with Crippen molar-refractivity contribution in [2.45, 2.75) is 64.1 Å². The van der Waals surface area contributed by atoms with Crippen molar-refractivity contribution in [2.24, 2.45) is 11.1 Å². The van der Waals surface area contributed by atoms with E-state index in [9.17, 15) is 28.8 Å². The Balaban J connectivity index is 1.59. The predicted octanol–water partition coefficient (Wildman–Crippen LogP) is -0.163. The number of furan rings is 1. The molecule has 2 aliphatic rings. The normalized spacial score (nSPS) is 23.3. The molecule has 2 aromatic rings. The van der Waals surface area contributed by atoms with Crippen LogP contribution in [0.4, 0.5) is 0 Å². The molecular weight excluding hydrogens is 658 g/mol. The summed E-state index contributed by atoms with van der Waals surface area (Å²) < 4.78 is 10.8. The lowest BCUT2D eigenvalue weighted by Gasteiger charge is -2.41. The van der Waals surface area contributed by atoms with Crippen molar-refractivity contribution >= 4 is 35.4 Å². The van der Waals surface area contributed by atoms with Gasteiger partial charge in [-0.1, -0.05) is 31.2 Å². The van der Waals surface area contributed by atoms with E-state index in [1.165, 1.54) is 11.2 Å². The van der Waals surface area contributed by atoms with Gasteiger partial charge >= 0.3 is 0 Å². The topological polar surface area (TPSA) is 214 Å². The Kier molecular flexibility index (Phi) is 14.7. The smallest absolute Gasteiger partial charge is 0.246 e. The maximum absolute atomic E-state index is 14.0. The number of rotatable bonds is 9. The Morgan fingerprint density at radius 2 is 1.84 bits per heavy atom. The highest BCUT2D eigenvalue weighted by Crippen LogP contribution is 2.34. The molecule has 0 radical (unpaired) electrons. The van der Waals surface area contributed by atoms with Crippen LogP contribution in [0, 0.1) is 5.41 Å². The molecule has 2 aliphatic heterocycles. The van der Waals surface area contributed by atoms with Gasteiger partial charge in [0.15, 0.2) is 0 Å². The highest BCUT2D eigenvalue weighted by Gasteiger charge is 2.43. The van der Waals surface area contributed by atoms with Crippen LogP contribution in [0.1, 0.15) is 49.5 Å². The zero-order valence-corrected chi connectivity index (χ0v) is 29.0. The molecule has 276 valence electrons. The highest BCUT2D eigenvalue weighted by molar-refractivity contribution is 5.97. The van der Waals surface area contributed by atoms with E-state index in [2.05, 4.69) is 26.6 Å². The average Bonchev–Trinajstić information content (AvgIpc) is 3.65. The monoisotopic (exact) mass is 707 g/mol. The molecule has 1 aromatic heterocycles. The number of carbonyl (C=O) groups excluding carboxylic acids is 6. The fourth-order valence-electron chi connectivity index (χ4n) is 6.21. The second kappa shape index (κ2) is 19.4. The summed E-state index contributed by atoms with van der Waals surface area (Å²) in [5.41, 5.74) is 5.80. The van der Waals surface area contributed by atoms with Crippen molar-refractivity contribution in [1.29, 1.82) is 0 Å². The third kappa shape index (κ3) is 11.5. The second-order valence-electron chi connectivity index (χ2n) is 12.7. The molecule has 3 heterocycles. The van der Waals surface area contributed by atoms with E-state index in [0.717, 1.165) is 12.2 Å². The van der Waals surface area contributed by atoms with Crippen molar-refractivity contribution in [2.75, 3.05) is 45.9 Å². The largest absolute Gasteiger partial charge is 0.469 e. The first-order valence-electron chi connectivity index (χ1n) is 17.4. The number of piperidine rings is 1. The van der Waals surface area contributed by atoms with Gasteiger partial charge in [0.1, 0.15) is 17.8 Å². The van der Waals surface area contributed by atoms with Crippen LogP contribution in [0.2, 0.25) is 0 Å². The first kappa shape index (κ1) is 38.8. The molecule has 7 N–H and O–H groups in total. The van der Waals surface area contributed by atoms with Gasteiger partial charge in [-0.2, -0.15) is 0 Å². The zero-order valence-electron chi connectivity index (χ0n) is 29.0. The number of hydrogen-bond donors (Lipinski definition) is 6. The van der Waals surface area contributed by atoms with Gasteiger partial charge in [-0.05, 0) is 48.9 Å². The molecule has 1 fully saturated rings. The van der Waals surface area contributed by atoms with Gasteiger partial charge in [-0.3, -0.25) is 28.8 Å². The molecule has 0 aliphatic carbocycles. The fourth-order valence-corrected chi connectivity index (χ4v) is 6.21. The Hall–Kier alpha value is -5.02. The summed E-state index contributed by atoms with van der Waals surface area (Å²) in [7, 11) is 0. The number of amides is 6. The van der Waals surface area contributed by atoms with Gasteiger partial charge < -0.3 is 46.4 Å². The Morgan fingerprint density at radius 3 is 2.59 bits per heavy atom. The lowest BCUT2D eigenvalue weighted by atomic mass is 9.76. The van der Waals surface area contributed by atoms with Gasteiger partial charge in [0, 0.05) is 57.8 Å². The minimum atomic E-state index is -0.991. The maximum atomic E-state index is 14.0. The number of carbonyl (C=O) groups is 6. The third-order valence-corrected chi connectivity index (χ3v) is 9.15. The van der Waals surface area contributed by atoms with Crippen molar-refractivity contribution in [1.82, 2.24) is 31.5 Å². The molecule has 51 heavy (non-hydrogen) atoms. The van der Waals surface area contributed by atoms with E-state index in [4.69, 9.17) is 14.9 Å². The van der Waals surface area contributed by atoms with Crippen LogP contribution in [-0.2, 0) is 52.9 Å². The number of ether oxygens (including phenoxy) is 1. The van der Waals surface area contributed by atoms with Crippen molar-refractivity contribution in [3.05, 3.63) is 71.7 Å². The number of benzene rings is 1. The van der Waals surface area contributed by atoms with Gasteiger partial charge in [0.2, 0.25) is 35.4 Å². The van der Waals surface area contributed by atoms with E-state index in [0.29, 0.717) is 55.8 Å². The summed E-state index contributed by atoms with van der Waals surface area (Å²) in [6, 6.07) is 8.56. The fraction of sp³-hybridized carbons (Fsp3) is 0.500. The first-order chi connectivity index (χ1) is 24.6. The van der Waals surface area contributed by atoms with Gasteiger partial charge in [-0.15, -0.1) is 0 Å². The van der Waals surface area contributed by atoms with E-state index in [1.54, 1.807) is 36.4 Å². The van der Waals surface area contributed by atoms with Gasteiger partial charge in [0.05, 0.1) is 31.3 Å². The molecule has 1 saturated heterocycles. The summed E-state index contributed by atoms with van der Waals surface area (Å²) in [5.74, 6) is -2.17. The van der Waals surface area contributed by atoms with E-state index in [1.807, 2.05) is 6.92 Å². The Bertz CT molecular complexity index is 1550. The lowest BCUT2D eigenvalue weighted by Crippen LogP contribution is -2.57. The lowest BCUT2D eigenvalue weighted by molar-refractivity contribution is -0.142. The maximum Gasteiger partial charge on any atom is 0.246 e. The quantitative estimate of drug-likeness (QED) is 0.191. The summed E-state index contributed by atoms with van der Waals surface area (Å²) in [6.45, 7) is 3.62. The van der Waals surface area contributed by atoms with E-state index < -0.39 is 47.0 Å². The molecule has 0 saturated carbocycles. The number of fused-ring (bicyclic) bond motifs is 3. The van der Waals surface area contributed by atoms with Crippen LogP contribution in [0.3, 0.4) is 0 Å².